The van der Waals surface area contributed by atoms with Crippen LogP contribution in [0.3, 0.4) is 0 Å². The van der Waals surface area contributed by atoms with E-state index in [4.69, 9.17) is 10.7 Å². The molecule has 2 aliphatic rings. The Morgan fingerprint density at radius 1 is 1.17 bits per heavy atom. The topological polar surface area (TPSA) is 114 Å². The van der Waals surface area contributed by atoms with Crippen LogP contribution in [-0.4, -0.2) is 63.1 Å². The lowest BCUT2D eigenvalue weighted by Crippen LogP contribution is -2.40. The summed E-state index contributed by atoms with van der Waals surface area (Å²) in [5.74, 6) is -0.622. The maximum atomic E-state index is 12.5. The monoisotopic (exact) mass is 426 g/mol. The number of hydrogen-bond acceptors (Lipinski definition) is 6. The van der Waals surface area contributed by atoms with Gasteiger partial charge in [0.05, 0.1) is 22.5 Å². The molecule has 0 saturated carbocycles. The van der Waals surface area contributed by atoms with Crippen LogP contribution in [0.15, 0.2) is 30.3 Å². The maximum Gasteiger partial charge on any atom is 0.288 e. The van der Waals surface area contributed by atoms with Crippen LogP contribution in [0, 0.1) is 0 Å². The number of rotatable bonds is 5. The number of carbonyl (C=O) groups excluding carboxylic acids is 4. The van der Waals surface area contributed by atoms with Crippen LogP contribution in [0.1, 0.15) is 41.2 Å². The fourth-order valence-electron chi connectivity index (χ4n) is 4.00. The Labute approximate surface area is 177 Å². The Balaban J connectivity index is 1.41. The molecule has 0 spiro atoms. The van der Waals surface area contributed by atoms with Gasteiger partial charge in [-0.2, -0.15) is 0 Å². The van der Waals surface area contributed by atoms with Crippen molar-refractivity contribution in [3.63, 3.8) is 0 Å². The number of benzene rings is 1. The van der Waals surface area contributed by atoms with Crippen molar-refractivity contribution in [3.05, 3.63) is 41.6 Å². The van der Waals surface area contributed by atoms with E-state index >= 15 is 0 Å². The van der Waals surface area contributed by atoms with Crippen molar-refractivity contribution in [2.75, 3.05) is 25.4 Å². The molecule has 2 aromatic rings. The average Bonchev–Trinajstić information content (AvgIpc) is 3.08. The van der Waals surface area contributed by atoms with Crippen molar-refractivity contribution in [1.82, 2.24) is 14.8 Å². The fourth-order valence-corrected chi connectivity index (χ4v) is 4.76. The van der Waals surface area contributed by atoms with E-state index in [2.05, 4.69) is 0 Å². The number of pyridine rings is 1. The highest BCUT2D eigenvalue weighted by Crippen LogP contribution is 2.31. The van der Waals surface area contributed by atoms with Gasteiger partial charge < -0.3 is 10.6 Å². The number of carbonyl (C=O) groups is 4. The average molecular weight is 426 g/mol. The predicted molar refractivity (Wildman–Crippen MR) is 113 cm³/mol. The highest BCUT2D eigenvalue weighted by Gasteiger charge is 2.32. The van der Waals surface area contributed by atoms with Gasteiger partial charge >= 0.3 is 0 Å². The second-order valence-corrected chi connectivity index (χ2v) is 8.41. The van der Waals surface area contributed by atoms with Gasteiger partial charge in [0.1, 0.15) is 0 Å². The first-order chi connectivity index (χ1) is 14.4. The van der Waals surface area contributed by atoms with E-state index in [0.29, 0.717) is 37.2 Å². The lowest BCUT2D eigenvalue weighted by atomic mass is 9.89. The molecule has 0 aliphatic carbocycles. The summed E-state index contributed by atoms with van der Waals surface area (Å²) in [5.41, 5.74) is 7.54. The van der Waals surface area contributed by atoms with E-state index in [9.17, 15) is 19.2 Å². The minimum atomic E-state index is -0.500. The highest BCUT2D eigenvalue weighted by atomic mass is 32.2. The second-order valence-electron chi connectivity index (χ2n) is 7.48. The summed E-state index contributed by atoms with van der Waals surface area (Å²) >= 11 is 0.971. The number of para-hydroxylation sites is 1. The third-order valence-electron chi connectivity index (χ3n) is 5.64. The van der Waals surface area contributed by atoms with E-state index in [0.717, 1.165) is 27.6 Å². The molecule has 0 atom stereocenters. The third-order valence-corrected chi connectivity index (χ3v) is 6.50. The maximum absolute atomic E-state index is 12.5. The first-order valence-electron chi connectivity index (χ1n) is 9.88. The largest absolute Gasteiger partial charge is 0.366 e. The van der Waals surface area contributed by atoms with E-state index in [1.807, 2.05) is 24.3 Å². The van der Waals surface area contributed by atoms with Gasteiger partial charge in [-0.1, -0.05) is 30.0 Å². The Morgan fingerprint density at radius 3 is 2.57 bits per heavy atom. The Bertz CT molecular complexity index is 1020. The summed E-state index contributed by atoms with van der Waals surface area (Å²) < 4.78 is 0. The molecule has 1 aromatic heterocycles. The number of nitrogens with two attached hydrogens (primary N) is 1. The summed E-state index contributed by atoms with van der Waals surface area (Å²) in [6.45, 7) is 1.20. The van der Waals surface area contributed by atoms with Crippen LogP contribution in [0.2, 0.25) is 0 Å². The smallest absolute Gasteiger partial charge is 0.288 e. The van der Waals surface area contributed by atoms with Crippen molar-refractivity contribution >= 4 is 45.6 Å². The minimum Gasteiger partial charge on any atom is -0.366 e. The summed E-state index contributed by atoms with van der Waals surface area (Å²) in [7, 11) is 0. The molecule has 0 unspecified atom stereocenters. The zero-order valence-corrected chi connectivity index (χ0v) is 17.2. The van der Waals surface area contributed by atoms with Crippen LogP contribution in [0.25, 0.3) is 10.9 Å². The Morgan fingerprint density at radius 2 is 1.90 bits per heavy atom. The minimum absolute atomic E-state index is 0.0410. The SMILES string of the molecule is NC(=O)c1cc2ccccc2nc1C1CCN(C(=O)CCN2C(=O)CSC2=O)CC1. The van der Waals surface area contributed by atoms with Crippen LogP contribution < -0.4 is 5.73 Å². The summed E-state index contributed by atoms with van der Waals surface area (Å²) in [4.78, 5) is 55.5. The summed E-state index contributed by atoms with van der Waals surface area (Å²) in [6.07, 6.45) is 1.48. The first-order valence-corrected chi connectivity index (χ1v) is 10.9. The molecule has 0 radical (unpaired) electrons. The number of primary amides is 1. The second kappa shape index (κ2) is 8.43. The zero-order valence-electron chi connectivity index (χ0n) is 16.4. The van der Waals surface area contributed by atoms with Crippen LogP contribution >= 0.6 is 11.8 Å². The Hall–Kier alpha value is -2.94. The quantitative estimate of drug-likeness (QED) is 0.783. The predicted octanol–water partition coefficient (Wildman–Crippen LogP) is 2.13. The van der Waals surface area contributed by atoms with Gasteiger partial charge in [0, 0.05) is 37.4 Å². The van der Waals surface area contributed by atoms with E-state index in [-0.39, 0.29) is 41.7 Å². The van der Waals surface area contributed by atoms with E-state index < -0.39 is 5.91 Å². The van der Waals surface area contributed by atoms with Gasteiger partial charge in [-0.25, -0.2) is 0 Å². The van der Waals surface area contributed by atoms with Gasteiger partial charge in [0.25, 0.3) is 11.1 Å². The molecule has 1 aromatic carbocycles. The molecule has 2 N–H and O–H groups in total. The third kappa shape index (κ3) is 4.02. The number of nitrogens with zero attached hydrogens (tertiary/aromatic N) is 3. The number of aromatic nitrogens is 1. The molecule has 9 heteroatoms. The van der Waals surface area contributed by atoms with Crippen molar-refractivity contribution in [1.29, 1.82) is 0 Å². The lowest BCUT2D eigenvalue weighted by Gasteiger charge is -2.32. The summed E-state index contributed by atoms with van der Waals surface area (Å²) in [6, 6.07) is 9.38. The summed E-state index contributed by atoms with van der Waals surface area (Å²) in [5, 5.41) is 0.583. The number of piperidine rings is 1. The molecule has 156 valence electrons. The van der Waals surface area contributed by atoms with E-state index in [1.54, 1.807) is 11.0 Å². The first kappa shape index (κ1) is 20.3. The van der Waals surface area contributed by atoms with E-state index in [1.165, 1.54) is 0 Å². The zero-order chi connectivity index (χ0) is 21.3. The Kier molecular flexibility index (Phi) is 5.72. The molecule has 4 rings (SSSR count). The van der Waals surface area contributed by atoms with Crippen molar-refractivity contribution in [3.8, 4) is 0 Å². The normalized spacial score (nSPS) is 17.7. The van der Waals surface area contributed by atoms with Gasteiger partial charge in [-0.3, -0.25) is 29.1 Å². The van der Waals surface area contributed by atoms with Gasteiger partial charge in [0.2, 0.25) is 11.8 Å². The van der Waals surface area contributed by atoms with Gasteiger partial charge in [-0.05, 0) is 25.0 Å². The molecule has 4 amide bonds. The lowest BCUT2D eigenvalue weighted by molar-refractivity contribution is -0.133. The van der Waals surface area contributed by atoms with Crippen molar-refractivity contribution in [2.24, 2.45) is 5.73 Å². The molecule has 30 heavy (non-hydrogen) atoms. The highest BCUT2D eigenvalue weighted by molar-refractivity contribution is 8.14. The molecule has 2 saturated heterocycles. The fraction of sp³-hybridized carbons (Fsp3) is 0.381. The van der Waals surface area contributed by atoms with Crippen molar-refractivity contribution < 1.29 is 19.2 Å². The molecule has 2 aliphatic heterocycles. The molecular weight excluding hydrogens is 404 g/mol. The van der Waals surface area contributed by atoms with Crippen molar-refractivity contribution in [2.45, 2.75) is 25.2 Å². The standard InChI is InChI=1S/C21H22N4O4S/c22-20(28)15-11-14-3-1-2-4-16(14)23-19(15)13-5-8-24(9-6-13)17(26)7-10-25-18(27)12-30-21(25)29/h1-4,11,13H,5-10,12H2,(H2,22,28). The number of likely N-dealkylation sites (tertiary alicyclic amines) is 1. The molecule has 3 heterocycles. The molecule has 0 bridgehead atoms. The van der Waals surface area contributed by atoms with Crippen LogP contribution in [0.5, 0.6) is 0 Å². The van der Waals surface area contributed by atoms with Crippen LogP contribution in [0.4, 0.5) is 4.79 Å². The van der Waals surface area contributed by atoms with Gasteiger partial charge in [0.15, 0.2) is 0 Å². The molecule has 2 fully saturated rings. The number of amides is 4. The molecular formula is C21H22N4O4S. The number of fused-ring (bicyclic) bond motifs is 1. The number of hydrogen-bond donors (Lipinski definition) is 1. The molecule has 8 nitrogen and oxygen atoms in total. The van der Waals surface area contributed by atoms with Crippen LogP contribution in [-0.2, 0) is 9.59 Å². The number of imide groups is 1. The number of thioether (sulfide) groups is 1. The van der Waals surface area contributed by atoms with Gasteiger partial charge in [-0.15, -0.1) is 0 Å².